The van der Waals surface area contributed by atoms with E-state index in [-0.39, 0.29) is 24.2 Å². The second-order valence-electron chi connectivity index (χ2n) is 7.69. The summed E-state index contributed by atoms with van der Waals surface area (Å²) in [7, 11) is 0. The number of carboxylic acid groups (broad SMARTS) is 1. The molecule has 0 aromatic carbocycles. The van der Waals surface area contributed by atoms with Gasteiger partial charge in [0.2, 0.25) is 0 Å². The number of hydrogen-bond acceptors (Lipinski definition) is 4. The Bertz CT molecular complexity index is 486. The van der Waals surface area contributed by atoms with Crippen molar-refractivity contribution in [1.29, 1.82) is 0 Å². The van der Waals surface area contributed by atoms with Crippen LogP contribution in [0, 0.1) is 23.7 Å². The Balaban J connectivity index is 1.73. The van der Waals surface area contributed by atoms with Crippen LogP contribution in [-0.2, 0) is 9.59 Å². The van der Waals surface area contributed by atoms with Crippen LogP contribution < -0.4 is 0 Å². The zero-order valence-electron chi connectivity index (χ0n) is 15.1. The van der Waals surface area contributed by atoms with Gasteiger partial charge >= 0.3 is 5.97 Å². The van der Waals surface area contributed by atoms with Gasteiger partial charge in [0, 0.05) is 18.8 Å². The molecule has 0 radical (unpaired) electrons. The Kier molecular flexibility index (Phi) is 7.63. The summed E-state index contributed by atoms with van der Waals surface area (Å²) in [6.45, 7) is 2.08. The van der Waals surface area contributed by atoms with Crippen molar-refractivity contribution in [3.63, 3.8) is 0 Å². The molecular formula is C20H32O5. The fourth-order valence-corrected chi connectivity index (χ4v) is 4.42. The summed E-state index contributed by atoms with van der Waals surface area (Å²) in [4.78, 5) is 22.6. The van der Waals surface area contributed by atoms with E-state index in [1.165, 1.54) is 0 Å². The summed E-state index contributed by atoms with van der Waals surface area (Å²) < 4.78 is 0. The average Bonchev–Trinajstić information content (AvgIpc) is 3.15. The first-order chi connectivity index (χ1) is 12.0. The van der Waals surface area contributed by atoms with Gasteiger partial charge in [-0.1, -0.05) is 31.9 Å². The Morgan fingerprint density at radius 1 is 1.28 bits per heavy atom. The molecule has 0 heterocycles. The van der Waals surface area contributed by atoms with Crippen LogP contribution in [-0.4, -0.2) is 39.3 Å². The Hall–Kier alpha value is -1.20. The minimum absolute atomic E-state index is 0.00633. The van der Waals surface area contributed by atoms with Gasteiger partial charge < -0.3 is 15.3 Å². The van der Waals surface area contributed by atoms with Gasteiger partial charge in [-0.05, 0) is 49.9 Å². The summed E-state index contributed by atoms with van der Waals surface area (Å²) in [5.41, 5.74) is 0. The lowest BCUT2D eigenvalue weighted by Gasteiger charge is -2.19. The number of carboxylic acids is 1. The Morgan fingerprint density at radius 2 is 2.04 bits per heavy atom. The topological polar surface area (TPSA) is 94.8 Å². The highest BCUT2D eigenvalue weighted by molar-refractivity contribution is 5.85. The summed E-state index contributed by atoms with van der Waals surface area (Å²) in [6.07, 6.45) is 8.94. The molecule has 5 heteroatoms. The number of aliphatic hydroxyl groups is 2. The van der Waals surface area contributed by atoms with Crippen molar-refractivity contribution in [2.75, 3.05) is 0 Å². The standard InChI is InChI=1S/C20H32O5/c1-2-3-8-13(21)11-17(23)20-15-12-16(22)14(19(15)20)9-6-4-5-7-10-18(24)25/h4,6,13-15,17,19-21,23H,2-3,5,7-12H2,1H3,(H,24,25). The lowest BCUT2D eigenvalue weighted by atomic mass is 9.91. The highest BCUT2D eigenvalue weighted by Crippen LogP contribution is 2.61. The Labute approximate surface area is 150 Å². The smallest absolute Gasteiger partial charge is 0.303 e. The third-order valence-electron chi connectivity index (χ3n) is 5.77. The van der Waals surface area contributed by atoms with E-state index >= 15 is 0 Å². The van der Waals surface area contributed by atoms with Crippen molar-refractivity contribution >= 4 is 11.8 Å². The zero-order valence-corrected chi connectivity index (χ0v) is 15.1. The molecule has 2 saturated carbocycles. The average molecular weight is 352 g/mol. The van der Waals surface area contributed by atoms with E-state index < -0.39 is 18.2 Å². The number of carbonyl (C=O) groups excluding carboxylic acids is 1. The van der Waals surface area contributed by atoms with Gasteiger partial charge in [-0.15, -0.1) is 0 Å². The molecule has 142 valence electrons. The van der Waals surface area contributed by atoms with E-state index in [1.54, 1.807) is 0 Å². The number of hydrogen-bond donors (Lipinski definition) is 3. The van der Waals surface area contributed by atoms with Crippen LogP contribution in [0.4, 0.5) is 0 Å². The van der Waals surface area contributed by atoms with Crippen LogP contribution in [0.5, 0.6) is 0 Å². The van der Waals surface area contributed by atoms with Gasteiger partial charge in [-0.25, -0.2) is 0 Å². The molecule has 2 fully saturated rings. The van der Waals surface area contributed by atoms with E-state index in [2.05, 4.69) is 6.92 Å². The lowest BCUT2D eigenvalue weighted by Crippen LogP contribution is -2.24. The van der Waals surface area contributed by atoms with Crippen molar-refractivity contribution in [2.45, 2.75) is 76.9 Å². The molecule has 0 aromatic rings. The molecule has 0 amide bonds. The number of allylic oxidation sites excluding steroid dienone is 2. The molecule has 0 aromatic heterocycles. The minimum Gasteiger partial charge on any atom is -0.481 e. The number of carbonyl (C=O) groups is 2. The maximum Gasteiger partial charge on any atom is 0.303 e. The molecule has 2 rings (SSSR count). The first-order valence-corrected chi connectivity index (χ1v) is 9.71. The first kappa shape index (κ1) is 20.1. The highest BCUT2D eigenvalue weighted by atomic mass is 16.4. The highest BCUT2D eigenvalue weighted by Gasteiger charge is 2.63. The summed E-state index contributed by atoms with van der Waals surface area (Å²) >= 11 is 0. The predicted molar refractivity (Wildman–Crippen MR) is 95.0 cm³/mol. The van der Waals surface area contributed by atoms with E-state index in [1.807, 2.05) is 12.2 Å². The van der Waals surface area contributed by atoms with Gasteiger partial charge in [0.1, 0.15) is 5.78 Å². The minimum atomic E-state index is -0.779. The molecule has 6 unspecified atom stereocenters. The van der Waals surface area contributed by atoms with Crippen LogP contribution >= 0.6 is 0 Å². The molecule has 0 bridgehead atoms. The quantitative estimate of drug-likeness (QED) is 0.371. The SMILES string of the molecule is CCCCC(O)CC(O)C1C2CC(=O)C(CC=CCCCC(=O)O)C21. The van der Waals surface area contributed by atoms with Gasteiger partial charge in [-0.3, -0.25) is 9.59 Å². The maximum atomic E-state index is 12.1. The number of Topliss-reactive ketones (excluding diaryl/α,β-unsaturated/α-hetero) is 1. The lowest BCUT2D eigenvalue weighted by molar-refractivity contribution is -0.137. The van der Waals surface area contributed by atoms with Crippen LogP contribution in [0.1, 0.15) is 64.7 Å². The number of aliphatic carboxylic acids is 1. The number of ketones is 1. The normalized spacial score (nSPS) is 30.4. The van der Waals surface area contributed by atoms with Crippen molar-refractivity contribution in [3.8, 4) is 0 Å². The number of rotatable bonds is 12. The predicted octanol–water partition coefficient (Wildman–Crippen LogP) is 2.94. The molecule has 0 spiro atoms. The molecule has 2 aliphatic rings. The van der Waals surface area contributed by atoms with Crippen LogP contribution in [0.25, 0.3) is 0 Å². The van der Waals surface area contributed by atoms with Crippen molar-refractivity contribution in [3.05, 3.63) is 12.2 Å². The third kappa shape index (κ3) is 5.65. The number of unbranched alkanes of at least 4 members (excludes halogenated alkanes) is 2. The fourth-order valence-electron chi connectivity index (χ4n) is 4.42. The van der Waals surface area contributed by atoms with Gasteiger partial charge in [0.15, 0.2) is 0 Å². The maximum absolute atomic E-state index is 12.1. The summed E-state index contributed by atoms with van der Waals surface area (Å²) in [5.74, 6) is 0.238. The van der Waals surface area contributed by atoms with E-state index in [4.69, 9.17) is 5.11 Å². The first-order valence-electron chi connectivity index (χ1n) is 9.71. The molecule has 0 aliphatic heterocycles. The Morgan fingerprint density at radius 3 is 2.72 bits per heavy atom. The van der Waals surface area contributed by atoms with Crippen LogP contribution in [0.2, 0.25) is 0 Å². The molecular weight excluding hydrogens is 320 g/mol. The fraction of sp³-hybridized carbons (Fsp3) is 0.800. The molecule has 2 aliphatic carbocycles. The van der Waals surface area contributed by atoms with E-state index in [9.17, 15) is 19.8 Å². The molecule has 5 nitrogen and oxygen atoms in total. The largest absolute Gasteiger partial charge is 0.481 e. The molecule has 0 saturated heterocycles. The number of aliphatic hydroxyl groups excluding tert-OH is 2. The second-order valence-corrected chi connectivity index (χ2v) is 7.69. The van der Waals surface area contributed by atoms with Crippen LogP contribution in [0.15, 0.2) is 12.2 Å². The second kappa shape index (κ2) is 9.48. The summed E-state index contributed by atoms with van der Waals surface area (Å²) in [6, 6.07) is 0. The van der Waals surface area contributed by atoms with Crippen molar-refractivity contribution in [2.24, 2.45) is 23.7 Å². The van der Waals surface area contributed by atoms with Crippen LogP contribution in [0.3, 0.4) is 0 Å². The van der Waals surface area contributed by atoms with Gasteiger partial charge in [0.05, 0.1) is 12.2 Å². The monoisotopic (exact) mass is 352 g/mol. The van der Waals surface area contributed by atoms with Gasteiger partial charge in [-0.2, -0.15) is 0 Å². The van der Waals surface area contributed by atoms with Crippen molar-refractivity contribution in [1.82, 2.24) is 0 Å². The third-order valence-corrected chi connectivity index (χ3v) is 5.77. The molecule has 25 heavy (non-hydrogen) atoms. The van der Waals surface area contributed by atoms with Gasteiger partial charge in [0.25, 0.3) is 0 Å². The molecule has 6 atom stereocenters. The van der Waals surface area contributed by atoms with Crippen molar-refractivity contribution < 1.29 is 24.9 Å². The van der Waals surface area contributed by atoms with E-state index in [0.717, 1.165) is 25.7 Å². The number of fused-ring (bicyclic) bond motifs is 1. The van der Waals surface area contributed by atoms with E-state index in [0.29, 0.717) is 37.4 Å². The summed E-state index contributed by atoms with van der Waals surface area (Å²) in [5, 5.41) is 29.0. The zero-order chi connectivity index (χ0) is 18.4. The molecule has 3 N–H and O–H groups in total.